The fourth-order valence-electron chi connectivity index (χ4n) is 0.638. The van der Waals surface area contributed by atoms with E-state index in [4.69, 9.17) is 10.2 Å². The van der Waals surface area contributed by atoms with Crippen LogP contribution in [0.15, 0.2) is 0 Å². The van der Waals surface area contributed by atoms with Crippen molar-refractivity contribution in [1.82, 2.24) is 5.64 Å². The van der Waals surface area contributed by atoms with Gasteiger partial charge in [-0.1, -0.05) is 4.99 Å². The molecule has 0 aliphatic rings. The number of hydrogen-bond donors (Lipinski definition) is 3. The smallest absolute Gasteiger partial charge is 0.345 e. The highest BCUT2D eigenvalue weighted by atomic mass is 17.3. The van der Waals surface area contributed by atoms with Gasteiger partial charge in [0, 0.05) is 5.64 Å². The van der Waals surface area contributed by atoms with Gasteiger partial charge >= 0.3 is 23.9 Å². The van der Waals surface area contributed by atoms with Crippen molar-refractivity contribution < 1.29 is 44.1 Å². The summed E-state index contributed by atoms with van der Waals surface area (Å²) in [5, 5.41) is 16.5. The van der Waals surface area contributed by atoms with Crippen LogP contribution in [-0.2, 0) is 33.9 Å². The van der Waals surface area contributed by atoms with Crippen LogP contribution in [0.1, 0.15) is 25.7 Å². The lowest BCUT2D eigenvalue weighted by Crippen LogP contribution is -2.23. The van der Waals surface area contributed by atoms with Gasteiger partial charge in [-0.2, -0.15) is 0 Å². The number of carbonyl (C=O) groups excluding carboxylic acids is 2. The van der Waals surface area contributed by atoms with Crippen molar-refractivity contribution in [3.8, 4) is 0 Å². The maximum Gasteiger partial charge on any atom is 0.345 e. The van der Waals surface area contributed by atoms with E-state index in [-0.39, 0.29) is 0 Å². The largest absolute Gasteiger partial charge is 0.481 e. The Morgan fingerprint density at radius 1 is 0.833 bits per heavy atom. The van der Waals surface area contributed by atoms with E-state index >= 15 is 0 Å². The minimum Gasteiger partial charge on any atom is -0.481 e. The fraction of sp³-hybridized carbons (Fsp3) is 0.500. The Balaban J connectivity index is 3.49. The monoisotopic (exact) mass is 265 g/mol. The second-order valence-electron chi connectivity index (χ2n) is 2.88. The molecule has 10 nitrogen and oxygen atoms in total. The summed E-state index contributed by atoms with van der Waals surface area (Å²) >= 11 is 0. The second kappa shape index (κ2) is 8.90. The average Bonchev–Trinajstić information content (AvgIpc) is 2.29. The van der Waals surface area contributed by atoms with Gasteiger partial charge in [0.15, 0.2) is 0 Å². The molecule has 0 aliphatic heterocycles. The predicted molar refractivity (Wildman–Crippen MR) is 50.1 cm³/mol. The standard InChI is InChI=1S/C8H11NO9/c10-5(11)1-3-7(14)16-9-18-17-8(15)4-2-6(12)13/h9H,1-4H2,(H,10,11)(H,12,13). The number of carboxylic acid groups (broad SMARTS) is 2. The molecule has 18 heavy (non-hydrogen) atoms. The first-order valence-corrected chi connectivity index (χ1v) is 4.66. The van der Waals surface area contributed by atoms with Gasteiger partial charge in [-0.05, 0) is 0 Å². The molecule has 102 valence electrons. The van der Waals surface area contributed by atoms with Crippen molar-refractivity contribution in [2.45, 2.75) is 25.7 Å². The number of hydrogen-bond acceptors (Lipinski definition) is 8. The molecule has 0 saturated heterocycles. The van der Waals surface area contributed by atoms with Crippen LogP contribution in [0.4, 0.5) is 0 Å². The summed E-state index contributed by atoms with van der Waals surface area (Å²) in [6.45, 7) is 0. The first-order chi connectivity index (χ1) is 8.41. The highest BCUT2D eigenvalue weighted by Gasteiger charge is 2.09. The molecule has 0 rings (SSSR count). The quantitative estimate of drug-likeness (QED) is 0.273. The van der Waals surface area contributed by atoms with Crippen LogP contribution in [0.3, 0.4) is 0 Å². The summed E-state index contributed by atoms with van der Waals surface area (Å²) in [4.78, 5) is 53.6. The maximum absolute atomic E-state index is 10.8. The molecule has 0 aromatic heterocycles. The highest BCUT2D eigenvalue weighted by Crippen LogP contribution is 1.94. The normalized spacial score (nSPS) is 9.56. The van der Waals surface area contributed by atoms with Gasteiger partial charge in [0.1, 0.15) is 0 Å². The van der Waals surface area contributed by atoms with E-state index in [1.165, 1.54) is 5.64 Å². The Hall–Kier alpha value is -2.20. The van der Waals surface area contributed by atoms with E-state index in [1.807, 2.05) is 0 Å². The molecule has 0 saturated carbocycles. The molecule has 0 bridgehead atoms. The molecule has 0 heterocycles. The summed E-state index contributed by atoms with van der Waals surface area (Å²) in [5.41, 5.74) is 1.49. The molecule has 0 amide bonds. The molecule has 0 aromatic rings. The van der Waals surface area contributed by atoms with Gasteiger partial charge in [0.2, 0.25) is 0 Å². The highest BCUT2D eigenvalue weighted by molar-refractivity contribution is 5.76. The lowest BCUT2D eigenvalue weighted by atomic mass is 10.3. The molecular formula is C8H11NO9. The number of nitrogens with one attached hydrogen (secondary N) is 1. The first kappa shape index (κ1) is 15.8. The van der Waals surface area contributed by atoms with Crippen molar-refractivity contribution in [3.63, 3.8) is 0 Å². The second-order valence-corrected chi connectivity index (χ2v) is 2.88. The number of rotatable bonds is 9. The summed E-state index contributed by atoms with van der Waals surface area (Å²) in [5.74, 6) is -4.27. The summed E-state index contributed by atoms with van der Waals surface area (Å²) < 4.78 is 0. The minimum absolute atomic E-state index is 0.390. The summed E-state index contributed by atoms with van der Waals surface area (Å²) in [6, 6.07) is 0. The van der Waals surface area contributed by atoms with Crippen molar-refractivity contribution >= 4 is 23.9 Å². The van der Waals surface area contributed by atoms with Crippen LogP contribution in [0.25, 0.3) is 0 Å². The van der Waals surface area contributed by atoms with Crippen LogP contribution in [-0.4, -0.2) is 34.1 Å². The molecule has 0 fully saturated rings. The van der Waals surface area contributed by atoms with Gasteiger partial charge in [-0.3, -0.25) is 19.3 Å². The van der Waals surface area contributed by atoms with Gasteiger partial charge in [0.05, 0.1) is 25.7 Å². The van der Waals surface area contributed by atoms with Gasteiger partial charge < -0.3 is 15.1 Å². The van der Waals surface area contributed by atoms with Crippen molar-refractivity contribution in [1.29, 1.82) is 0 Å². The first-order valence-electron chi connectivity index (χ1n) is 4.66. The zero-order valence-corrected chi connectivity index (χ0v) is 9.08. The van der Waals surface area contributed by atoms with E-state index in [1.54, 1.807) is 0 Å². The van der Waals surface area contributed by atoms with Crippen molar-refractivity contribution in [2.75, 3.05) is 0 Å². The Bertz CT molecular complexity index is 295. The van der Waals surface area contributed by atoms with Gasteiger partial charge in [-0.15, -0.1) is 0 Å². The SMILES string of the molecule is O=C(O)CCC(=O)ONOOC(=O)CCC(=O)O. The Morgan fingerprint density at radius 3 is 1.83 bits per heavy atom. The van der Waals surface area contributed by atoms with Crippen LogP contribution < -0.4 is 5.64 Å². The van der Waals surface area contributed by atoms with E-state index < -0.39 is 49.6 Å². The van der Waals surface area contributed by atoms with Gasteiger partial charge in [-0.25, -0.2) is 4.79 Å². The summed E-state index contributed by atoms with van der Waals surface area (Å²) in [6.07, 6.45) is -1.65. The Labute approximate surface area is 100 Å². The Morgan fingerprint density at radius 2 is 1.33 bits per heavy atom. The predicted octanol–water partition coefficient (Wildman–Crippen LogP) is -0.846. The van der Waals surface area contributed by atoms with E-state index in [0.29, 0.717) is 0 Å². The fourth-order valence-corrected chi connectivity index (χ4v) is 0.638. The molecule has 10 heteroatoms. The number of carbonyl (C=O) groups is 4. The third kappa shape index (κ3) is 10.3. The number of aliphatic carboxylic acids is 2. The Kier molecular flexibility index (Phi) is 7.81. The van der Waals surface area contributed by atoms with Crippen LogP contribution in [0, 0.1) is 0 Å². The van der Waals surface area contributed by atoms with Crippen LogP contribution >= 0.6 is 0 Å². The molecule has 0 unspecified atom stereocenters. The van der Waals surface area contributed by atoms with Crippen molar-refractivity contribution in [2.24, 2.45) is 0 Å². The summed E-state index contributed by atoms with van der Waals surface area (Å²) in [7, 11) is 0. The molecule has 3 N–H and O–H groups in total. The molecule has 0 aliphatic carbocycles. The minimum atomic E-state index is -1.18. The molecule has 0 atom stereocenters. The zero-order chi connectivity index (χ0) is 14.0. The van der Waals surface area contributed by atoms with Crippen LogP contribution in [0.2, 0.25) is 0 Å². The maximum atomic E-state index is 10.8. The van der Waals surface area contributed by atoms with Crippen molar-refractivity contribution in [3.05, 3.63) is 0 Å². The number of carboxylic acids is 2. The molecule has 0 aromatic carbocycles. The van der Waals surface area contributed by atoms with E-state index in [9.17, 15) is 19.2 Å². The molecular weight excluding hydrogens is 254 g/mol. The topological polar surface area (TPSA) is 148 Å². The average molecular weight is 265 g/mol. The van der Waals surface area contributed by atoms with E-state index in [0.717, 1.165) is 0 Å². The van der Waals surface area contributed by atoms with Crippen LogP contribution in [0.5, 0.6) is 0 Å². The van der Waals surface area contributed by atoms with E-state index in [2.05, 4.69) is 14.7 Å². The third-order valence-corrected chi connectivity index (χ3v) is 1.41. The lowest BCUT2D eigenvalue weighted by Gasteiger charge is -2.03. The molecule has 0 spiro atoms. The molecule has 0 radical (unpaired) electrons. The zero-order valence-electron chi connectivity index (χ0n) is 9.08. The lowest BCUT2D eigenvalue weighted by molar-refractivity contribution is -0.363. The van der Waals surface area contributed by atoms with Gasteiger partial charge in [0.25, 0.3) is 0 Å². The third-order valence-electron chi connectivity index (χ3n) is 1.41.